The van der Waals surface area contributed by atoms with Gasteiger partial charge in [-0.2, -0.15) is 0 Å². The first-order valence-corrected chi connectivity index (χ1v) is 9.80. The van der Waals surface area contributed by atoms with Crippen molar-refractivity contribution in [2.45, 2.75) is 94.5 Å². The second kappa shape index (κ2) is 11.8. The van der Waals surface area contributed by atoms with Crippen molar-refractivity contribution < 1.29 is 9.53 Å². The first kappa shape index (κ1) is 18.2. The third-order valence-corrected chi connectivity index (χ3v) is 5.00. The Bertz CT molecular complexity index is 249. The Morgan fingerprint density at radius 1 is 1.10 bits per heavy atom. The molecule has 1 atom stereocenters. The molecule has 1 saturated carbocycles. The molecule has 3 heteroatoms. The van der Waals surface area contributed by atoms with Crippen molar-refractivity contribution >= 4 is 28.6 Å². The van der Waals surface area contributed by atoms with Gasteiger partial charge in [-0.3, -0.25) is 4.79 Å². The molecule has 0 heterocycles. The van der Waals surface area contributed by atoms with Gasteiger partial charge in [0.1, 0.15) is 0 Å². The molecule has 1 aliphatic carbocycles. The van der Waals surface area contributed by atoms with Gasteiger partial charge in [0.15, 0.2) is 4.11 Å². The van der Waals surface area contributed by atoms with Gasteiger partial charge in [0.2, 0.25) is 0 Å². The Balaban J connectivity index is 1.93. The SMILES string of the molecule is CCCCCCCCCC(=O)OC(I)CC1CCCC1. The monoisotopic (exact) mass is 394 g/mol. The van der Waals surface area contributed by atoms with Crippen LogP contribution in [0.3, 0.4) is 0 Å². The molecule has 118 valence electrons. The molecular weight excluding hydrogens is 363 g/mol. The van der Waals surface area contributed by atoms with Crippen LogP contribution in [-0.2, 0) is 9.53 Å². The van der Waals surface area contributed by atoms with E-state index in [1.54, 1.807) is 0 Å². The summed E-state index contributed by atoms with van der Waals surface area (Å²) < 4.78 is 5.60. The number of unbranched alkanes of at least 4 members (excludes halogenated alkanes) is 6. The molecule has 1 fully saturated rings. The fourth-order valence-electron chi connectivity index (χ4n) is 2.98. The molecule has 0 spiro atoms. The van der Waals surface area contributed by atoms with Crippen LogP contribution in [-0.4, -0.2) is 10.1 Å². The molecule has 0 aliphatic heterocycles. The van der Waals surface area contributed by atoms with E-state index >= 15 is 0 Å². The molecule has 1 unspecified atom stereocenters. The molecule has 20 heavy (non-hydrogen) atoms. The van der Waals surface area contributed by atoms with E-state index in [1.807, 2.05) is 0 Å². The van der Waals surface area contributed by atoms with E-state index in [4.69, 9.17) is 4.74 Å². The Kier molecular flexibility index (Phi) is 10.8. The lowest BCUT2D eigenvalue weighted by atomic mass is 10.1. The molecule has 0 aromatic rings. The van der Waals surface area contributed by atoms with E-state index in [9.17, 15) is 4.79 Å². The predicted molar refractivity (Wildman–Crippen MR) is 93.1 cm³/mol. The van der Waals surface area contributed by atoms with Crippen LogP contribution in [0.2, 0.25) is 0 Å². The van der Waals surface area contributed by atoms with Gasteiger partial charge in [0, 0.05) is 6.42 Å². The predicted octanol–water partition coefficient (Wildman–Crippen LogP) is 6.01. The van der Waals surface area contributed by atoms with E-state index in [1.165, 1.54) is 64.2 Å². The molecule has 0 aromatic heterocycles. The highest BCUT2D eigenvalue weighted by atomic mass is 127. The van der Waals surface area contributed by atoms with Crippen molar-refractivity contribution in [3.05, 3.63) is 0 Å². The van der Waals surface area contributed by atoms with Gasteiger partial charge < -0.3 is 4.74 Å². The molecule has 2 nitrogen and oxygen atoms in total. The van der Waals surface area contributed by atoms with Crippen LogP contribution in [0, 0.1) is 5.92 Å². The molecule has 1 aliphatic rings. The molecule has 0 amide bonds. The van der Waals surface area contributed by atoms with Crippen LogP contribution in [0.4, 0.5) is 0 Å². The zero-order valence-corrected chi connectivity index (χ0v) is 15.2. The van der Waals surface area contributed by atoms with Crippen molar-refractivity contribution in [2.24, 2.45) is 5.92 Å². The first-order chi connectivity index (χ1) is 9.72. The summed E-state index contributed by atoms with van der Waals surface area (Å²) in [6, 6.07) is 0. The summed E-state index contributed by atoms with van der Waals surface area (Å²) >= 11 is 2.29. The molecule has 0 bridgehead atoms. The van der Waals surface area contributed by atoms with Gasteiger partial charge in [-0.05, 0) is 41.4 Å². The summed E-state index contributed by atoms with van der Waals surface area (Å²) in [4.78, 5) is 11.7. The lowest BCUT2D eigenvalue weighted by Crippen LogP contribution is -2.15. The summed E-state index contributed by atoms with van der Waals surface area (Å²) in [6.07, 6.45) is 15.8. The topological polar surface area (TPSA) is 26.3 Å². The Hall–Kier alpha value is 0.200. The Morgan fingerprint density at radius 3 is 2.35 bits per heavy atom. The molecule has 0 saturated heterocycles. The average molecular weight is 394 g/mol. The van der Waals surface area contributed by atoms with Gasteiger partial charge in [0.25, 0.3) is 0 Å². The van der Waals surface area contributed by atoms with Crippen molar-refractivity contribution in [3.63, 3.8) is 0 Å². The number of carbonyl (C=O) groups is 1. The van der Waals surface area contributed by atoms with E-state index in [-0.39, 0.29) is 10.1 Å². The number of hydrogen-bond acceptors (Lipinski definition) is 2. The van der Waals surface area contributed by atoms with Crippen molar-refractivity contribution in [3.8, 4) is 0 Å². The van der Waals surface area contributed by atoms with Gasteiger partial charge in [-0.1, -0.05) is 71.1 Å². The normalized spacial score (nSPS) is 17.3. The Morgan fingerprint density at radius 2 is 1.70 bits per heavy atom. The fourth-order valence-corrected chi connectivity index (χ4v) is 3.99. The van der Waals surface area contributed by atoms with Crippen LogP contribution in [0.25, 0.3) is 0 Å². The zero-order valence-electron chi connectivity index (χ0n) is 13.0. The quantitative estimate of drug-likeness (QED) is 0.186. The minimum atomic E-state index is 0.0101. The molecule has 0 N–H and O–H groups in total. The van der Waals surface area contributed by atoms with E-state index in [0.717, 1.165) is 18.8 Å². The largest absolute Gasteiger partial charge is 0.452 e. The number of carbonyl (C=O) groups excluding carboxylic acids is 1. The summed E-state index contributed by atoms with van der Waals surface area (Å²) in [7, 11) is 0. The molecular formula is C17H31IO2. The number of ether oxygens (including phenoxy) is 1. The highest BCUT2D eigenvalue weighted by Crippen LogP contribution is 2.31. The highest BCUT2D eigenvalue weighted by molar-refractivity contribution is 14.1. The summed E-state index contributed by atoms with van der Waals surface area (Å²) in [6.45, 7) is 2.24. The number of hydrogen-bond donors (Lipinski definition) is 0. The maximum atomic E-state index is 11.7. The standard InChI is InChI=1S/C17H31IO2/c1-2-3-4-5-6-7-8-13-17(19)20-16(18)14-15-11-9-10-12-15/h15-16H,2-14H2,1H3. The van der Waals surface area contributed by atoms with Gasteiger partial charge in [0.05, 0.1) is 0 Å². The summed E-state index contributed by atoms with van der Waals surface area (Å²) in [5.41, 5.74) is 0. The number of esters is 1. The third-order valence-electron chi connectivity index (χ3n) is 4.24. The van der Waals surface area contributed by atoms with Gasteiger partial charge >= 0.3 is 5.97 Å². The van der Waals surface area contributed by atoms with Gasteiger partial charge in [-0.15, -0.1) is 0 Å². The maximum Gasteiger partial charge on any atom is 0.306 e. The van der Waals surface area contributed by atoms with Crippen LogP contribution in [0.15, 0.2) is 0 Å². The van der Waals surface area contributed by atoms with Crippen LogP contribution >= 0.6 is 22.6 Å². The summed E-state index contributed by atoms with van der Waals surface area (Å²) in [5.74, 6) is 0.805. The Labute approximate surface area is 138 Å². The van der Waals surface area contributed by atoms with Crippen LogP contribution < -0.4 is 0 Å². The third kappa shape index (κ3) is 9.19. The van der Waals surface area contributed by atoms with Crippen molar-refractivity contribution in [1.29, 1.82) is 0 Å². The van der Waals surface area contributed by atoms with E-state index in [2.05, 4.69) is 29.5 Å². The van der Waals surface area contributed by atoms with Crippen molar-refractivity contribution in [2.75, 3.05) is 0 Å². The van der Waals surface area contributed by atoms with E-state index in [0.29, 0.717) is 6.42 Å². The van der Waals surface area contributed by atoms with Crippen molar-refractivity contribution in [1.82, 2.24) is 0 Å². The van der Waals surface area contributed by atoms with Crippen LogP contribution in [0.1, 0.15) is 90.4 Å². The second-order valence-electron chi connectivity index (χ2n) is 6.16. The average Bonchev–Trinajstić information content (AvgIpc) is 2.90. The maximum absolute atomic E-state index is 11.7. The molecule has 0 radical (unpaired) electrons. The van der Waals surface area contributed by atoms with Crippen LogP contribution in [0.5, 0.6) is 0 Å². The lowest BCUT2D eigenvalue weighted by Gasteiger charge is -2.15. The number of alkyl halides is 1. The summed E-state index contributed by atoms with van der Waals surface area (Å²) in [5, 5.41) is 0. The smallest absolute Gasteiger partial charge is 0.306 e. The number of halogens is 1. The van der Waals surface area contributed by atoms with E-state index < -0.39 is 0 Å². The molecule has 0 aromatic carbocycles. The highest BCUT2D eigenvalue weighted by Gasteiger charge is 2.20. The minimum absolute atomic E-state index is 0.0101. The minimum Gasteiger partial charge on any atom is -0.452 e. The molecule has 1 rings (SSSR count). The lowest BCUT2D eigenvalue weighted by molar-refractivity contribution is -0.145. The first-order valence-electron chi connectivity index (χ1n) is 8.56. The number of rotatable bonds is 11. The second-order valence-corrected chi connectivity index (χ2v) is 7.55. The zero-order chi connectivity index (χ0) is 14.6. The fraction of sp³-hybridized carbons (Fsp3) is 0.941. The van der Waals surface area contributed by atoms with Gasteiger partial charge in [-0.25, -0.2) is 0 Å².